The molecule has 1 aromatic rings. The molecule has 0 aliphatic carbocycles. The van der Waals surface area contributed by atoms with E-state index in [1.165, 1.54) is 12.1 Å². The maximum absolute atomic E-state index is 12.4. The van der Waals surface area contributed by atoms with Crippen molar-refractivity contribution in [1.82, 2.24) is 0 Å². The fourth-order valence-corrected chi connectivity index (χ4v) is 2.04. The second-order valence-electron chi connectivity index (χ2n) is 2.88. The Kier molecular flexibility index (Phi) is 5.56. The molecule has 0 unspecified atom stereocenters. The maximum Gasteiger partial charge on any atom is 1.00 e. The number of sulfone groups is 1. The van der Waals surface area contributed by atoms with Gasteiger partial charge in [0.2, 0.25) is 0 Å². The fourth-order valence-electron chi connectivity index (χ4n) is 1.09. The van der Waals surface area contributed by atoms with Crippen molar-refractivity contribution in [1.29, 1.82) is 0 Å². The summed E-state index contributed by atoms with van der Waals surface area (Å²) >= 11 is 0. The summed E-state index contributed by atoms with van der Waals surface area (Å²) in [5.41, 5.74) is -1.06. The zero-order valence-electron chi connectivity index (χ0n) is 8.25. The molecule has 78 valence electrons. The van der Waals surface area contributed by atoms with Crippen molar-refractivity contribution in [2.24, 2.45) is 0 Å². The summed E-state index contributed by atoms with van der Waals surface area (Å²) in [6, 6.07) is 4.16. The molecule has 0 aliphatic rings. The van der Waals surface area contributed by atoms with Gasteiger partial charge in [-0.3, -0.25) is 0 Å². The Morgan fingerprint density at radius 3 is 1.93 bits per heavy atom. The molecular weight excluding hydrogens is 255 g/mol. The van der Waals surface area contributed by atoms with Gasteiger partial charge in [0.15, 0.2) is 9.84 Å². The molecule has 0 heterocycles. The van der Waals surface area contributed by atoms with Gasteiger partial charge in [-0.15, -0.1) is 0 Å². The van der Waals surface area contributed by atoms with Crippen LogP contribution in [0.2, 0.25) is 0 Å². The zero-order chi connectivity index (χ0) is 11.0. The number of rotatable bonds is 2. The molecule has 0 saturated carbocycles. The van der Waals surface area contributed by atoms with Gasteiger partial charge in [0.25, 0.3) is 0 Å². The third-order valence-electron chi connectivity index (χ3n) is 1.67. The Labute approximate surface area is 129 Å². The van der Waals surface area contributed by atoms with E-state index >= 15 is 0 Å². The molecule has 0 bridgehead atoms. The standard InChI is InChI=1S/C7H7BF3O2S.K/c1-14(12,13)7-5-3-2-4-6(7)8(9,10)11;/h2-5H,1H3;/q-1;+1. The minimum absolute atomic E-state index is 0. The van der Waals surface area contributed by atoms with Crippen LogP contribution in [0.15, 0.2) is 29.2 Å². The van der Waals surface area contributed by atoms with Crippen molar-refractivity contribution >= 4 is 22.3 Å². The Bertz CT molecular complexity index is 444. The van der Waals surface area contributed by atoms with Crippen molar-refractivity contribution in [3.63, 3.8) is 0 Å². The van der Waals surface area contributed by atoms with Gasteiger partial charge in [0.1, 0.15) is 0 Å². The van der Waals surface area contributed by atoms with Crippen LogP contribution >= 0.6 is 0 Å². The first-order chi connectivity index (χ1) is 6.23. The molecule has 1 aromatic carbocycles. The van der Waals surface area contributed by atoms with E-state index < -0.39 is 27.2 Å². The average Bonchev–Trinajstić information content (AvgIpc) is 2.01. The van der Waals surface area contributed by atoms with Crippen molar-refractivity contribution < 1.29 is 72.7 Å². The van der Waals surface area contributed by atoms with Gasteiger partial charge >= 0.3 is 58.4 Å². The molecule has 0 atom stereocenters. The number of benzene rings is 1. The van der Waals surface area contributed by atoms with E-state index in [4.69, 9.17) is 0 Å². The molecule has 0 aliphatic heterocycles. The maximum atomic E-state index is 12.4. The van der Waals surface area contributed by atoms with E-state index in [2.05, 4.69) is 0 Å². The van der Waals surface area contributed by atoms with Gasteiger partial charge in [-0.25, -0.2) is 8.42 Å². The Hall–Kier alpha value is 0.661. The molecule has 0 aromatic heterocycles. The molecule has 2 nitrogen and oxygen atoms in total. The van der Waals surface area contributed by atoms with Crippen LogP contribution in [0.3, 0.4) is 0 Å². The van der Waals surface area contributed by atoms with E-state index in [9.17, 15) is 21.4 Å². The van der Waals surface area contributed by atoms with Crippen LogP contribution in [-0.2, 0) is 9.84 Å². The number of hydrogen-bond acceptors (Lipinski definition) is 2. The molecule has 8 heteroatoms. The summed E-state index contributed by atoms with van der Waals surface area (Å²) in [6.45, 7) is -5.28. The van der Waals surface area contributed by atoms with Gasteiger partial charge in [-0.2, -0.15) is 0 Å². The SMILES string of the molecule is CS(=O)(=O)c1ccccc1[B-](F)(F)F.[K+]. The van der Waals surface area contributed by atoms with E-state index in [0.717, 1.165) is 18.4 Å². The minimum Gasteiger partial charge on any atom is -0.445 e. The Morgan fingerprint density at radius 1 is 1.13 bits per heavy atom. The fraction of sp³-hybridized carbons (Fsp3) is 0.143. The first-order valence-electron chi connectivity index (χ1n) is 3.72. The summed E-state index contributed by atoms with van der Waals surface area (Å²) in [7, 11) is -3.82. The molecule has 0 amide bonds. The van der Waals surface area contributed by atoms with Gasteiger partial charge in [-0.05, 0) is 6.07 Å². The van der Waals surface area contributed by atoms with Gasteiger partial charge in [0, 0.05) is 11.2 Å². The summed E-state index contributed by atoms with van der Waals surface area (Å²) in [5, 5.41) is 0. The molecule has 0 spiro atoms. The largest absolute Gasteiger partial charge is 1.00 e. The summed E-state index contributed by atoms with van der Waals surface area (Å²) in [6.07, 6.45) is 0.758. The van der Waals surface area contributed by atoms with E-state index in [1.807, 2.05) is 0 Å². The second-order valence-corrected chi connectivity index (χ2v) is 4.87. The molecule has 1 rings (SSSR count). The summed E-state index contributed by atoms with van der Waals surface area (Å²) < 4.78 is 59.2. The first kappa shape index (κ1) is 15.7. The smallest absolute Gasteiger partial charge is 0.445 e. The third-order valence-corrected chi connectivity index (χ3v) is 2.84. The van der Waals surface area contributed by atoms with Crippen LogP contribution < -0.4 is 56.8 Å². The molecule has 15 heavy (non-hydrogen) atoms. The molecule has 0 N–H and O–H groups in total. The van der Waals surface area contributed by atoms with Crippen LogP contribution in [0.4, 0.5) is 12.9 Å². The van der Waals surface area contributed by atoms with Crippen LogP contribution in [0.5, 0.6) is 0 Å². The second kappa shape index (κ2) is 5.33. The van der Waals surface area contributed by atoms with Crippen molar-refractivity contribution in [3.05, 3.63) is 24.3 Å². The zero-order valence-corrected chi connectivity index (χ0v) is 12.2. The number of hydrogen-bond donors (Lipinski definition) is 0. The van der Waals surface area contributed by atoms with Crippen LogP contribution in [0.25, 0.3) is 0 Å². The Morgan fingerprint density at radius 2 is 1.60 bits per heavy atom. The molecule has 0 saturated heterocycles. The van der Waals surface area contributed by atoms with E-state index in [0.29, 0.717) is 0 Å². The van der Waals surface area contributed by atoms with E-state index in [-0.39, 0.29) is 51.4 Å². The van der Waals surface area contributed by atoms with Crippen molar-refractivity contribution in [2.75, 3.05) is 6.26 Å². The predicted molar refractivity (Wildman–Crippen MR) is 48.3 cm³/mol. The quantitative estimate of drug-likeness (QED) is 0.586. The minimum atomic E-state index is -5.28. The molecule has 0 radical (unpaired) electrons. The predicted octanol–water partition coefficient (Wildman–Crippen LogP) is -1.85. The van der Waals surface area contributed by atoms with Gasteiger partial charge in [0.05, 0.1) is 0 Å². The first-order valence-corrected chi connectivity index (χ1v) is 5.61. The Balaban J connectivity index is 0.00000196. The van der Waals surface area contributed by atoms with Gasteiger partial charge < -0.3 is 12.9 Å². The topological polar surface area (TPSA) is 34.1 Å². The number of halogens is 3. The van der Waals surface area contributed by atoms with Crippen molar-refractivity contribution in [2.45, 2.75) is 4.90 Å². The normalized spacial score (nSPS) is 12.0. The van der Waals surface area contributed by atoms with Crippen LogP contribution in [0.1, 0.15) is 0 Å². The molecular formula is C7H7BF3KO2S. The third kappa shape index (κ3) is 4.20. The summed E-state index contributed by atoms with van der Waals surface area (Å²) in [5.74, 6) is 0. The summed E-state index contributed by atoms with van der Waals surface area (Å²) in [4.78, 5) is -0.660. The van der Waals surface area contributed by atoms with Crippen LogP contribution in [0, 0.1) is 0 Å². The average molecular weight is 262 g/mol. The van der Waals surface area contributed by atoms with Crippen molar-refractivity contribution in [3.8, 4) is 0 Å². The monoisotopic (exact) mass is 262 g/mol. The van der Waals surface area contributed by atoms with E-state index in [1.54, 1.807) is 0 Å². The van der Waals surface area contributed by atoms with Crippen LogP contribution in [-0.4, -0.2) is 21.7 Å². The molecule has 0 fully saturated rings. The van der Waals surface area contributed by atoms with Gasteiger partial charge in [-0.1, -0.05) is 23.7 Å².